The first-order valence-corrected chi connectivity index (χ1v) is 7.14. The second kappa shape index (κ2) is 5.82. The molecular weight excluding hydrogens is 244 g/mol. The number of anilines is 1. The van der Waals surface area contributed by atoms with E-state index in [1.165, 1.54) is 4.68 Å². The van der Waals surface area contributed by atoms with Crippen molar-refractivity contribution >= 4 is 17.6 Å². The lowest BCUT2D eigenvalue weighted by Crippen LogP contribution is -2.13. The van der Waals surface area contributed by atoms with Crippen molar-refractivity contribution in [1.29, 1.82) is 0 Å². The Morgan fingerprint density at radius 3 is 2.67 bits per heavy atom. The van der Waals surface area contributed by atoms with Crippen LogP contribution in [-0.4, -0.2) is 21.2 Å². The predicted octanol–water partition coefficient (Wildman–Crippen LogP) is 2.14. The van der Waals surface area contributed by atoms with Gasteiger partial charge in [-0.2, -0.15) is 11.8 Å². The van der Waals surface area contributed by atoms with Gasteiger partial charge in [-0.3, -0.25) is 0 Å². The normalized spacial score (nSPS) is 10.7. The molecule has 0 aliphatic carbocycles. The van der Waals surface area contributed by atoms with E-state index in [9.17, 15) is 0 Å². The zero-order chi connectivity index (χ0) is 13.0. The van der Waals surface area contributed by atoms with E-state index in [1.54, 1.807) is 0 Å². The van der Waals surface area contributed by atoms with Gasteiger partial charge in [-0.25, -0.2) is 9.66 Å². The fraction of sp³-hybridized carbons (Fsp3) is 0.308. The van der Waals surface area contributed by atoms with Crippen LogP contribution in [0.5, 0.6) is 0 Å². The van der Waals surface area contributed by atoms with Crippen LogP contribution in [-0.2, 0) is 6.42 Å². The van der Waals surface area contributed by atoms with Gasteiger partial charge in [-0.1, -0.05) is 37.3 Å². The summed E-state index contributed by atoms with van der Waals surface area (Å²) >= 11 is 1.88. The molecule has 0 radical (unpaired) electrons. The average molecular weight is 262 g/mol. The lowest BCUT2D eigenvalue weighted by atomic mass is 10.2. The van der Waals surface area contributed by atoms with Gasteiger partial charge in [0.1, 0.15) is 5.82 Å². The van der Waals surface area contributed by atoms with E-state index in [-0.39, 0.29) is 0 Å². The second-order valence-corrected chi connectivity index (χ2v) is 5.34. The highest BCUT2D eigenvalue weighted by atomic mass is 32.2. The number of aromatic nitrogens is 2. The van der Waals surface area contributed by atoms with Gasteiger partial charge in [0.25, 0.3) is 0 Å². The molecule has 0 saturated carbocycles. The van der Waals surface area contributed by atoms with E-state index in [1.807, 2.05) is 42.1 Å². The maximum absolute atomic E-state index is 5.99. The average Bonchev–Trinajstić information content (AvgIpc) is 2.68. The van der Waals surface area contributed by atoms with E-state index < -0.39 is 0 Å². The molecule has 18 heavy (non-hydrogen) atoms. The minimum Gasteiger partial charge on any atom is -0.382 e. The van der Waals surface area contributed by atoms with Crippen LogP contribution in [0.2, 0.25) is 0 Å². The highest BCUT2D eigenvalue weighted by Crippen LogP contribution is 2.22. The molecular formula is C13H18N4S. The van der Waals surface area contributed by atoms with Crippen LogP contribution in [0.1, 0.15) is 12.6 Å². The Bertz CT molecular complexity index is 507. The molecule has 0 atom stereocenters. The topological polar surface area (TPSA) is 69.9 Å². The first-order chi connectivity index (χ1) is 8.74. The summed E-state index contributed by atoms with van der Waals surface area (Å²) in [5.74, 6) is 9.37. The molecule has 0 unspecified atom stereocenters. The molecule has 96 valence electrons. The Morgan fingerprint density at radius 2 is 2.00 bits per heavy atom. The van der Waals surface area contributed by atoms with E-state index in [4.69, 9.17) is 11.6 Å². The number of aryl methyl sites for hydroxylation is 1. The van der Waals surface area contributed by atoms with Crippen molar-refractivity contribution < 1.29 is 0 Å². The maximum Gasteiger partial charge on any atom is 0.160 e. The summed E-state index contributed by atoms with van der Waals surface area (Å²) in [6.07, 6.45) is 0.856. The van der Waals surface area contributed by atoms with E-state index >= 15 is 0 Å². The van der Waals surface area contributed by atoms with Gasteiger partial charge in [0.2, 0.25) is 0 Å². The Labute approximate surface area is 111 Å². The van der Waals surface area contributed by atoms with Crippen molar-refractivity contribution in [2.75, 3.05) is 23.1 Å². The first-order valence-electron chi connectivity index (χ1n) is 5.99. The van der Waals surface area contributed by atoms with Crippen LogP contribution < -0.4 is 11.6 Å². The summed E-state index contributed by atoms with van der Waals surface area (Å²) in [4.78, 5) is 4.55. The maximum atomic E-state index is 5.99. The molecule has 0 fully saturated rings. The van der Waals surface area contributed by atoms with Gasteiger partial charge in [0.05, 0.1) is 5.69 Å². The molecule has 1 heterocycles. The third-order valence-electron chi connectivity index (χ3n) is 2.74. The minimum absolute atomic E-state index is 0.561. The van der Waals surface area contributed by atoms with Crippen molar-refractivity contribution in [3.8, 4) is 11.4 Å². The van der Waals surface area contributed by atoms with Crippen LogP contribution in [0.15, 0.2) is 30.3 Å². The molecule has 2 rings (SSSR count). The molecule has 0 spiro atoms. The van der Waals surface area contributed by atoms with Crippen molar-refractivity contribution in [2.24, 2.45) is 0 Å². The number of imidazole rings is 1. The fourth-order valence-corrected chi connectivity index (χ4v) is 2.41. The summed E-state index contributed by atoms with van der Waals surface area (Å²) in [6.45, 7) is 2.14. The molecule has 0 saturated heterocycles. The lowest BCUT2D eigenvalue weighted by Gasteiger charge is -2.02. The number of hydrogen-bond acceptors (Lipinski definition) is 4. The van der Waals surface area contributed by atoms with E-state index in [0.717, 1.165) is 35.0 Å². The summed E-state index contributed by atoms with van der Waals surface area (Å²) < 4.78 is 1.47. The number of benzene rings is 1. The molecule has 0 aliphatic heterocycles. The number of hydrogen-bond donors (Lipinski definition) is 2. The molecule has 2 aromatic rings. The van der Waals surface area contributed by atoms with E-state index in [2.05, 4.69) is 11.9 Å². The van der Waals surface area contributed by atoms with Crippen molar-refractivity contribution in [2.45, 2.75) is 13.3 Å². The number of thioether (sulfide) groups is 1. The summed E-state index contributed by atoms with van der Waals surface area (Å²) in [6, 6.07) is 9.86. The Morgan fingerprint density at radius 1 is 1.28 bits per heavy atom. The fourth-order valence-electron chi connectivity index (χ4n) is 1.78. The number of nitrogens with zero attached hydrogens (tertiary/aromatic N) is 2. The third kappa shape index (κ3) is 2.61. The monoisotopic (exact) mass is 262 g/mol. The van der Waals surface area contributed by atoms with Crippen LogP contribution in [0.3, 0.4) is 0 Å². The molecule has 0 aliphatic rings. The smallest absolute Gasteiger partial charge is 0.160 e. The highest BCUT2D eigenvalue weighted by Gasteiger charge is 2.13. The second-order valence-electron chi connectivity index (χ2n) is 3.95. The molecule has 4 nitrogen and oxygen atoms in total. The van der Waals surface area contributed by atoms with Gasteiger partial charge in [0.15, 0.2) is 5.82 Å². The molecule has 4 N–H and O–H groups in total. The quantitative estimate of drug-likeness (QED) is 0.640. The summed E-state index contributed by atoms with van der Waals surface area (Å²) in [7, 11) is 0. The molecule has 5 heteroatoms. The number of nitrogen functional groups attached to an aromatic ring is 2. The van der Waals surface area contributed by atoms with E-state index in [0.29, 0.717) is 5.82 Å². The number of rotatable bonds is 5. The standard InChI is InChI=1S/C13H18N4S/c1-2-18-9-8-11-12(14)17(15)13(16-11)10-6-4-3-5-7-10/h3-7H,2,8-9,14-15H2,1H3. The van der Waals surface area contributed by atoms with Crippen LogP contribution in [0, 0.1) is 0 Å². The Hall–Kier alpha value is -1.62. The van der Waals surface area contributed by atoms with Gasteiger partial charge in [-0.15, -0.1) is 0 Å². The Balaban J connectivity index is 2.25. The first kappa shape index (κ1) is 12.8. The zero-order valence-electron chi connectivity index (χ0n) is 10.5. The van der Waals surface area contributed by atoms with Crippen LogP contribution in [0.25, 0.3) is 11.4 Å². The summed E-state index contributed by atoms with van der Waals surface area (Å²) in [5.41, 5.74) is 7.86. The number of nitrogens with two attached hydrogens (primary N) is 2. The molecule has 1 aromatic carbocycles. The van der Waals surface area contributed by atoms with Crippen molar-refractivity contribution in [1.82, 2.24) is 9.66 Å². The Kier molecular flexibility index (Phi) is 4.15. The summed E-state index contributed by atoms with van der Waals surface area (Å²) in [5, 5.41) is 0. The predicted molar refractivity (Wildman–Crippen MR) is 78.9 cm³/mol. The van der Waals surface area contributed by atoms with Gasteiger partial charge >= 0.3 is 0 Å². The largest absolute Gasteiger partial charge is 0.382 e. The molecule has 1 aromatic heterocycles. The zero-order valence-corrected chi connectivity index (χ0v) is 11.3. The van der Waals surface area contributed by atoms with Gasteiger partial charge < -0.3 is 11.6 Å². The van der Waals surface area contributed by atoms with Crippen LogP contribution in [0.4, 0.5) is 5.82 Å². The SMILES string of the molecule is CCSCCc1nc(-c2ccccc2)n(N)c1N. The van der Waals surface area contributed by atoms with Crippen molar-refractivity contribution in [3.05, 3.63) is 36.0 Å². The highest BCUT2D eigenvalue weighted by molar-refractivity contribution is 7.99. The molecule has 0 amide bonds. The van der Waals surface area contributed by atoms with Crippen LogP contribution >= 0.6 is 11.8 Å². The lowest BCUT2D eigenvalue weighted by molar-refractivity contribution is 1.02. The molecule has 0 bridgehead atoms. The van der Waals surface area contributed by atoms with Crippen molar-refractivity contribution in [3.63, 3.8) is 0 Å². The third-order valence-corrected chi connectivity index (χ3v) is 3.64. The minimum atomic E-state index is 0.561. The van der Waals surface area contributed by atoms with Gasteiger partial charge in [0, 0.05) is 12.0 Å². The van der Waals surface area contributed by atoms with Gasteiger partial charge in [-0.05, 0) is 11.5 Å².